The molecule has 1 aromatic carbocycles. The fourth-order valence-corrected chi connectivity index (χ4v) is 1.78. The number of carbonyl (C=O) groups excluding carboxylic acids is 2. The summed E-state index contributed by atoms with van der Waals surface area (Å²) >= 11 is 0. The molecule has 0 saturated carbocycles. The van der Waals surface area contributed by atoms with E-state index in [1.165, 1.54) is 38.3 Å². The number of hydrogen-bond donors (Lipinski definition) is 1. The van der Waals surface area contributed by atoms with Crippen molar-refractivity contribution in [2.24, 2.45) is 0 Å². The highest BCUT2D eigenvalue weighted by molar-refractivity contribution is 5.92. The molecule has 1 rings (SSSR count). The number of allylic oxidation sites excluding steroid dienone is 1. The first kappa shape index (κ1) is 25.2. The van der Waals surface area contributed by atoms with Crippen molar-refractivity contribution in [1.82, 2.24) is 5.06 Å². The minimum atomic E-state index is -1.27. The topological polar surface area (TPSA) is 102 Å². The highest BCUT2D eigenvalue weighted by Gasteiger charge is 2.16. The molecule has 0 saturated heterocycles. The molecule has 0 fully saturated rings. The number of ether oxygens (including phenoxy) is 2. The van der Waals surface area contributed by atoms with Crippen molar-refractivity contribution in [2.75, 3.05) is 20.3 Å². The average molecular weight is 399 g/mol. The van der Waals surface area contributed by atoms with Crippen molar-refractivity contribution in [3.05, 3.63) is 47.5 Å². The second-order valence-electron chi connectivity index (χ2n) is 5.07. The van der Waals surface area contributed by atoms with Crippen LogP contribution in [0.2, 0.25) is 0 Å². The molecular formula is C19H26FNO7. The fourth-order valence-electron chi connectivity index (χ4n) is 1.78. The van der Waals surface area contributed by atoms with Gasteiger partial charge in [-0.1, -0.05) is 26.0 Å². The van der Waals surface area contributed by atoms with E-state index in [0.717, 1.165) is 11.1 Å². The van der Waals surface area contributed by atoms with E-state index in [1.54, 1.807) is 0 Å². The first-order chi connectivity index (χ1) is 13.3. The van der Waals surface area contributed by atoms with E-state index in [9.17, 15) is 18.8 Å². The molecule has 0 aromatic heterocycles. The Morgan fingerprint density at radius 3 is 2.36 bits per heavy atom. The lowest BCUT2D eigenvalue weighted by molar-refractivity contribution is -0.188. The summed E-state index contributed by atoms with van der Waals surface area (Å²) in [6, 6.07) is 5.60. The summed E-state index contributed by atoms with van der Waals surface area (Å²) in [4.78, 5) is 38.9. The Bertz CT molecular complexity index is 646. The Morgan fingerprint density at radius 1 is 1.25 bits per heavy atom. The summed E-state index contributed by atoms with van der Waals surface area (Å²) in [5, 5.41) is 9.51. The molecule has 1 unspecified atom stereocenters. The largest absolute Gasteiger partial charge is 0.479 e. The Kier molecular flexibility index (Phi) is 12.9. The zero-order chi connectivity index (χ0) is 21.5. The molecule has 1 amide bonds. The van der Waals surface area contributed by atoms with E-state index in [2.05, 4.69) is 0 Å². The molecular weight excluding hydrogens is 373 g/mol. The van der Waals surface area contributed by atoms with Gasteiger partial charge in [-0.05, 0) is 31.0 Å². The van der Waals surface area contributed by atoms with E-state index in [0.29, 0.717) is 11.8 Å². The number of benzene rings is 1. The third-order valence-electron chi connectivity index (χ3n) is 3.12. The number of carbonyl (C=O) groups is 3. The molecule has 28 heavy (non-hydrogen) atoms. The zero-order valence-corrected chi connectivity index (χ0v) is 16.4. The van der Waals surface area contributed by atoms with Gasteiger partial charge in [0.15, 0.2) is 24.9 Å². The van der Waals surface area contributed by atoms with Crippen LogP contribution in [0, 0.1) is 5.82 Å². The lowest BCUT2D eigenvalue weighted by Gasteiger charge is -2.20. The van der Waals surface area contributed by atoms with Gasteiger partial charge in [0.25, 0.3) is 5.91 Å². The standard InChI is InChI=1S/C17H20FNO7.C2H6/c1-12(24-2)26-15(10-20)9-16(21)19(25-11-17(22)23)8-7-13-3-5-14(18)6-4-13;1-2/h3-6,9-10,12H,7-8,11H2,1-2H3,(H,22,23);1-2H3/b15-9-;. The van der Waals surface area contributed by atoms with E-state index < -0.39 is 30.6 Å². The number of methoxy groups -OCH3 is 1. The minimum absolute atomic E-state index is 0.0137. The number of hydrogen-bond acceptors (Lipinski definition) is 6. The van der Waals surface area contributed by atoms with Crippen molar-refractivity contribution in [3.63, 3.8) is 0 Å². The number of carboxylic acids is 1. The van der Waals surface area contributed by atoms with Crippen LogP contribution in [-0.2, 0) is 35.1 Å². The number of rotatable bonds is 11. The van der Waals surface area contributed by atoms with Gasteiger partial charge in [0, 0.05) is 7.11 Å². The number of aliphatic carboxylic acids is 1. The van der Waals surface area contributed by atoms with Crippen LogP contribution in [0.4, 0.5) is 4.39 Å². The van der Waals surface area contributed by atoms with Crippen LogP contribution < -0.4 is 0 Å². The molecule has 1 aromatic rings. The quantitative estimate of drug-likeness (QED) is 0.200. The molecule has 0 bridgehead atoms. The number of nitrogens with zero attached hydrogens (tertiary/aromatic N) is 1. The Labute approximate surface area is 163 Å². The molecule has 1 atom stereocenters. The highest BCUT2D eigenvalue weighted by Crippen LogP contribution is 2.07. The molecule has 9 heteroatoms. The number of halogens is 1. The Balaban J connectivity index is 0.00000352. The Hall–Kier alpha value is -2.78. The molecule has 1 N–H and O–H groups in total. The monoisotopic (exact) mass is 399 g/mol. The predicted octanol–water partition coefficient (Wildman–Crippen LogP) is 2.33. The minimum Gasteiger partial charge on any atom is -0.479 e. The molecule has 0 spiro atoms. The first-order valence-corrected chi connectivity index (χ1v) is 8.62. The molecule has 0 heterocycles. The van der Waals surface area contributed by atoms with Crippen LogP contribution in [0.5, 0.6) is 0 Å². The van der Waals surface area contributed by atoms with Gasteiger partial charge in [0.05, 0.1) is 12.6 Å². The second-order valence-corrected chi connectivity index (χ2v) is 5.07. The molecule has 156 valence electrons. The van der Waals surface area contributed by atoms with Crippen molar-refractivity contribution >= 4 is 18.2 Å². The smallest absolute Gasteiger partial charge is 0.332 e. The molecule has 0 aliphatic heterocycles. The molecule has 0 radical (unpaired) electrons. The van der Waals surface area contributed by atoms with E-state index in [4.69, 9.17) is 19.4 Å². The van der Waals surface area contributed by atoms with Gasteiger partial charge in [-0.3, -0.25) is 14.4 Å². The van der Waals surface area contributed by atoms with Gasteiger partial charge >= 0.3 is 5.97 Å². The number of amides is 1. The highest BCUT2D eigenvalue weighted by atomic mass is 19.1. The van der Waals surface area contributed by atoms with Gasteiger partial charge in [-0.15, -0.1) is 0 Å². The van der Waals surface area contributed by atoms with Crippen molar-refractivity contribution in [3.8, 4) is 0 Å². The average Bonchev–Trinajstić information content (AvgIpc) is 2.69. The van der Waals surface area contributed by atoms with Gasteiger partial charge in [0.1, 0.15) is 5.82 Å². The molecule has 8 nitrogen and oxygen atoms in total. The van der Waals surface area contributed by atoms with Gasteiger partial charge in [-0.2, -0.15) is 0 Å². The van der Waals surface area contributed by atoms with Crippen LogP contribution in [-0.4, -0.2) is 54.9 Å². The summed E-state index contributed by atoms with van der Waals surface area (Å²) in [6.07, 6.45) is 0.718. The van der Waals surface area contributed by atoms with Gasteiger partial charge in [-0.25, -0.2) is 14.2 Å². The van der Waals surface area contributed by atoms with Crippen molar-refractivity contribution in [2.45, 2.75) is 33.5 Å². The molecule has 0 aliphatic carbocycles. The van der Waals surface area contributed by atoms with Crippen molar-refractivity contribution < 1.29 is 38.2 Å². The van der Waals surface area contributed by atoms with Gasteiger partial charge < -0.3 is 14.6 Å². The lowest BCUT2D eigenvalue weighted by atomic mass is 10.1. The SMILES string of the molecule is CC.COC(C)O/C(C=O)=C\C(=O)N(CCc1ccc(F)cc1)OCC(=O)O. The zero-order valence-electron chi connectivity index (χ0n) is 16.4. The maximum absolute atomic E-state index is 12.9. The summed E-state index contributed by atoms with van der Waals surface area (Å²) in [6.45, 7) is 4.77. The number of hydroxylamine groups is 2. The second kappa shape index (κ2) is 14.3. The van der Waals surface area contributed by atoms with Crippen LogP contribution >= 0.6 is 0 Å². The van der Waals surface area contributed by atoms with Crippen LogP contribution in [0.25, 0.3) is 0 Å². The van der Waals surface area contributed by atoms with Crippen LogP contribution in [0.1, 0.15) is 26.3 Å². The third-order valence-corrected chi connectivity index (χ3v) is 3.12. The number of carboxylic acid groups (broad SMARTS) is 1. The summed E-state index contributed by atoms with van der Waals surface area (Å²) in [5.41, 5.74) is 0.715. The maximum atomic E-state index is 12.9. The van der Waals surface area contributed by atoms with E-state index >= 15 is 0 Å². The fraction of sp³-hybridized carbons (Fsp3) is 0.421. The summed E-state index contributed by atoms with van der Waals surface area (Å²) in [5.74, 6) is -2.74. The summed E-state index contributed by atoms with van der Waals surface area (Å²) < 4.78 is 22.8. The first-order valence-electron chi connectivity index (χ1n) is 8.62. The van der Waals surface area contributed by atoms with Crippen molar-refractivity contribution in [1.29, 1.82) is 0 Å². The number of aldehydes is 1. The van der Waals surface area contributed by atoms with Crippen LogP contribution in [0.3, 0.4) is 0 Å². The predicted molar refractivity (Wildman–Crippen MR) is 98.5 cm³/mol. The Morgan fingerprint density at radius 2 is 1.86 bits per heavy atom. The van der Waals surface area contributed by atoms with Gasteiger partial charge in [0.2, 0.25) is 0 Å². The maximum Gasteiger partial charge on any atom is 0.332 e. The molecule has 0 aliphatic rings. The summed E-state index contributed by atoms with van der Waals surface area (Å²) in [7, 11) is 1.36. The lowest BCUT2D eigenvalue weighted by Crippen LogP contribution is -2.34. The van der Waals surface area contributed by atoms with Crippen LogP contribution in [0.15, 0.2) is 36.1 Å². The third kappa shape index (κ3) is 10.4. The normalized spacial score (nSPS) is 11.7. The van der Waals surface area contributed by atoms with E-state index in [1.807, 2.05) is 13.8 Å². The van der Waals surface area contributed by atoms with E-state index in [-0.39, 0.29) is 18.7 Å².